The van der Waals surface area contributed by atoms with Gasteiger partial charge < -0.3 is 14.4 Å². The average molecular weight is 644 g/mol. The molecule has 270 valence electrons. The van der Waals surface area contributed by atoms with E-state index in [-0.39, 0.29) is 5.79 Å². The van der Waals surface area contributed by atoms with Crippen molar-refractivity contribution in [3.05, 3.63) is 36.5 Å². The molecule has 1 aliphatic heterocycles. The number of rotatable bonds is 31. The van der Waals surface area contributed by atoms with Crippen LogP contribution >= 0.6 is 0 Å². The summed E-state index contributed by atoms with van der Waals surface area (Å²) in [6, 6.07) is 0. The monoisotopic (exact) mass is 644 g/mol. The molecule has 1 rings (SSSR count). The maximum atomic E-state index is 6.55. The Labute approximate surface area is 289 Å². The van der Waals surface area contributed by atoms with Crippen molar-refractivity contribution in [2.45, 2.75) is 188 Å². The summed E-state index contributed by atoms with van der Waals surface area (Å²) in [4.78, 5) is 2.26. The molecule has 1 heterocycles. The van der Waals surface area contributed by atoms with Gasteiger partial charge in [-0.15, -0.1) is 0 Å². The van der Waals surface area contributed by atoms with Gasteiger partial charge in [0, 0.05) is 25.3 Å². The predicted molar refractivity (Wildman–Crippen MR) is 205 cm³/mol. The third-order valence-corrected chi connectivity index (χ3v) is 10.0. The molecular weight excluding hydrogens is 562 g/mol. The summed E-state index contributed by atoms with van der Waals surface area (Å²) in [7, 11) is 4.30. The molecule has 0 aromatic rings. The second-order valence-corrected chi connectivity index (χ2v) is 14.9. The van der Waals surface area contributed by atoms with E-state index in [0.717, 1.165) is 57.3 Å². The van der Waals surface area contributed by atoms with E-state index in [9.17, 15) is 0 Å². The van der Waals surface area contributed by atoms with Crippen LogP contribution in [-0.4, -0.2) is 44.5 Å². The van der Waals surface area contributed by atoms with Crippen molar-refractivity contribution in [1.29, 1.82) is 0 Å². The smallest absolute Gasteiger partial charge is 0.168 e. The van der Waals surface area contributed by atoms with Crippen LogP contribution in [0, 0.1) is 17.8 Å². The highest BCUT2D eigenvalue weighted by molar-refractivity contribution is 4.96. The molecule has 3 heteroatoms. The van der Waals surface area contributed by atoms with Crippen molar-refractivity contribution in [1.82, 2.24) is 4.90 Å². The molecule has 1 fully saturated rings. The molecule has 0 spiro atoms. The first-order chi connectivity index (χ1) is 22.5. The minimum absolute atomic E-state index is 0.323. The molecule has 0 saturated carbocycles. The van der Waals surface area contributed by atoms with Crippen LogP contribution in [0.4, 0.5) is 0 Å². The van der Waals surface area contributed by atoms with Crippen molar-refractivity contribution in [2.24, 2.45) is 17.8 Å². The largest absolute Gasteiger partial charge is 0.350 e. The first-order valence-corrected chi connectivity index (χ1v) is 20.4. The van der Waals surface area contributed by atoms with E-state index < -0.39 is 0 Å². The summed E-state index contributed by atoms with van der Waals surface area (Å²) in [5.74, 6) is 1.76. The Balaban J connectivity index is 2.25. The summed E-state index contributed by atoms with van der Waals surface area (Å²) >= 11 is 0. The van der Waals surface area contributed by atoms with Gasteiger partial charge in [-0.3, -0.25) is 0 Å². The maximum absolute atomic E-state index is 6.55. The summed E-state index contributed by atoms with van der Waals surface area (Å²) in [5.41, 5.74) is 0. The minimum Gasteiger partial charge on any atom is -0.350 e. The van der Waals surface area contributed by atoms with Gasteiger partial charge in [0.15, 0.2) is 5.79 Å². The highest BCUT2D eigenvalue weighted by Crippen LogP contribution is 2.33. The molecule has 0 N–H and O–H groups in total. The second kappa shape index (κ2) is 30.2. The fourth-order valence-corrected chi connectivity index (χ4v) is 6.97. The molecule has 0 aliphatic carbocycles. The number of hydrogen-bond acceptors (Lipinski definition) is 3. The molecule has 2 atom stereocenters. The van der Waals surface area contributed by atoms with E-state index >= 15 is 0 Å². The molecule has 1 saturated heterocycles. The van der Waals surface area contributed by atoms with Crippen LogP contribution in [0.25, 0.3) is 0 Å². The van der Waals surface area contributed by atoms with E-state index in [4.69, 9.17) is 9.47 Å². The van der Waals surface area contributed by atoms with Gasteiger partial charge in [0.25, 0.3) is 0 Å². The molecule has 2 unspecified atom stereocenters. The van der Waals surface area contributed by atoms with Gasteiger partial charge in [-0.1, -0.05) is 148 Å². The SMILES string of the molecule is CCC=CCCCCCCCCC1(CCCCCCCCC=CCC=CC(CCCC)C(C)CCCC)OCC(CN(C)C)CO1. The van der Waals surface area contributed by atoms with E-state index in [1.807, 2.05) is 0 Å². The van der Waals surface area contributed by atoms with Gasteiger partial charge in [-0.25, -0.2) is 0 Å². The average Bonchev–Trinajstić information content (AvgIpc) is 3.05. The summed E-state index contributed by atoms with van der Waals surface area (Å²) in [6.45, 7) is 12.1. The lowest BCUT2D eigenvalue weighted by molar-refractivity contribution is -0.290. The van der Waals surface area contributed by atoms with Crippen LogP contribution in [-0.2, 0) is 9.47 Å². The summed E-state index contributed by atoms with van der Waals surface area (Å²) < 4.78 is 13.1. The van der Waals surface area contributed by atoms with Crippen LogP contribution in [0.3, 0.4) is 0 Å². The van der Waals surface area contributed by atoms with Crippen molar-refractivity contribution < 1.29 is 9.47 Å². The molecule has 1 aliphatic rings. The molecular formula is C43H81NO2. The van der Waals surface area contributed by atoms with Crippen molar-refractivity contribution in [3.63, 3.8) is 0 Å². The molecule has 46 heavy (non-hydrogen) atoms. The number of nitrogens with zero attached hydrogens (tertiary/aromatic N) is 1. The fraction of sp³-hybridized carbons (Fsp3) is 0.860. The highest BCUT2D eigenvalue weighted by Gasteiger charge is 2.36. The van der Waals surface area contributed by atoms with Gasteiger partial charge in [0.1, 0.15) is 0 Å². The van der Waals surface area contributed by atoms with Gasteiger partial charge in [0.2, 0.25) is 0 Å². The zero-order chi connectivity index (χ0) is 33.6. The zero-order valence-electron chi connectivity index (χ0n) is 32.1. The minimum atomic E-state index is -0.323. The van der Waals surface area contributed by atoms with Gasteiger partial charge in [-0.05, 0) is 83.7 Å². The molecule has 0 radical (unpaired) electrons. The first kappa shape index (κ1) is 43.1. The predicted octanol–water partition coefficient (Wildman–Crippen LogP) is 13.3. The zero-order valence-corrected chi connectivity index (χ0v) is 32.1. The normalized spacial score (nSPS) is 20.5. The molecule has 3 nitrogen and oxygen atoms in total. The van der Waals surface area contributed by atoms with Crippen LogP contribution < -0.4 is 0 Å². The number of unbranched alkanes of at least 4 members (excludes halogenated alkanes) is 14. The quantitative estimate of drug-likeness (QED) is 0.0554. The lowest BCUT2D eigenvalue weighted by Crippen LogP contribution is -2.46. The Hall–Kier alpha value is -0.900. The number of ether oxygens (including phenoxy) is 2. The van der Waals surface area contributed by atoms with Crippen molar-refractivity contribution >= 4 is 0 Å². The van der Waals surface area contributed by atoms with E-state index in [1.165, 1.54) is 128 Å². The summed E-state index contributed by atoms with van der Waals surface area (Å²) in [6.07, 6.45) is 45.3. The van der Waals surface area contributed by atoms with E-state index in [2.05, 4.69) is 83.1 Å². The van der Waals surface area contributed by atoms with Crippen LogP contribution in [0.5, 0.6) is 0 Å². The molecule has 0 amide bonds. The molecule has 0 bridgehead atoms. The molecule has 0 aromatic heterocycles. The topological polar surface area (TPSA) is 21.7 Å². The van der Waals surface area contributed by atoms with E-state index in [0.29, 0.717) is 5.92 Å². The standard InChI is InChI=1S/C43H81NO2/c1-7-10-13-14-15-16-21-24-27-30-35-43(45-38-41(39-46-43)37-44(5)6)36-31-28-25-22-19-17-18-20-23-26-29-34-42(33-12-9-3)40(4)32-11-8-2/h10,13,20,23,29,34,40-42H,7-9,11-12,14-19,21-22,24-28,30-33,35-39H2,1-6H3. The van der Waals surface area contributed by atoms with Gasteiger partial charge >= 0.3 is 0 Å². The third-order valence-electron chi connectivity index (χ3n) is 10.0. The Morgan fingerprint density at radius 2 is 1.15 bits per heavy atom. The molecule has 0 aromatic carbocycles. The summed E-state index contributed by atoms with van der Waals surface area (Å²) in [5, 5.41) is 0. The highest BCUT2D eigenvalue weighted by atomic mass is 16.7. The number of hydrogen-bond donors (Lipinski definition) is 0. The Morgan fingerprint density at radius 3 is 1.70 bits per heavy atom. The Kier molecular flexibility index (Phi) is 28.3. The van der Waals surface area contributed by atoms with Crippen molar-refractivity contribution in [3.8, 4) is 0 Å². The van der Waals surface area contributed by atoms with Crippen LogP contribution in [0.1, 0.15) is 182 Å². The van der Waals surface area contributed by atoms with Gasteiger partial charge in [-0.2, -0.15) is 0 Å². The van der Waals surface area contributed by atoms with Crippen LogP contribution in [0.15, 0.2) is 36.5 Å². The number of allylic oxidation sites excluding steroid dienone is 6. The van der Waals surface area contributed by atoms with Gasteiger partial charge in [0.05, 0.1) is 13.2 Å². The first-order valence-electron chi connectivity index (χ1n) is 20.4. The maximum Gasteiger partial charge on any atom is 0.168 e. The fourth-order valence-electron chi connectivity index (χ4n) is 6.97. The third kappa shape index (κ3) is 23.4. The van der Waals surface area contributed by atoms with E-state index in [1.54, 1.807) is 0 Å². The lowest BCUT2D eigenvalue weighted by atomic mass is 9.85. The van der Waals surface area contributed by atoms with Crippen molar-refractivity contribution in [2.75, 3.05) is 33.9 Å². The Morgan fingerprint density at radius 1 is 0.630 bits per heavy atom. The lowest BCUT2D eigenvalue weighted by Gasteiger charge is -2.41. The van der Waals surface area contributed by atoms with Crippen LogP contribution in [0.2, 0.25) is 0 Å². The second-order valence-electron chi connectivity index (χ2n) is 14.9. The Bertz CT molecular complexity index is 733.